The molecule has 1 fully saturated rings. The summed E-state index contributed by atoms with van der Waals surface area (Å²) in [6.07, 6.45) is 1.22. The number of carbonyl (C=O) groups excluding carboxylic acids is 2. The molecular weight excluding hydrogens is 374 g/mol. The molecule has 2 aromatic carbocycles. The lowest BCUT2D eigenvalue weighted by molar-refractivity contribution is -0.173. The number of aromatic amines is 1. The first kappa shape index (κ1) is 18.9. The molecule has 5 rings (SSSR count). The Labute approximate surface area is 176 Å². The normalized spacial score (nSPS) is 23.8. The van der Waals surface area contributed by atoms with Crippen LogP contribution in [0.4, 0.5) is 0 Å². The maximum atomic E-state index is 14.1. The number of likely N-dealkylation sites (N-methyl/N-ethyl adjacent to an activating group) is 1. The van der Waals surface area contributed by atoms with E-state index >= 15 is 0 Å². The van der Waals surface area contributed by atoms with Crippen molar-refractivity contribution >= 4 is 22.7 Å². The van der Waals surface area contributed by atoms with E-state index in [1.54, 1.807) is 11.9 Å². The van der Waals surface area contributed by atoms with Gasteiger partial charge in [0.2, 0.25) is 5.91 Å². The zero-order chi connectivity index (χ0) is 21.0. The van der Waals surface area contributed by atoms with Crippen molar-refractivity contribution < 1.29 is 9.59 Å². The molecule has 0 aliphatic carbocycles. The predicted octanol–water partition coefficient (Wildman–Crippen LogP) is 3.49. The second-order valence-electron chi connectivity index (χ2n) is 8.89. The Morgan fingerprint density at radius 1 is 1.07 bits per heavy atom. The molecule has 2 atom stereocenters. The molecule has 0 bridgehead atoms. The van der Waals surface area contributed by atoms with E-state index in [0.717, 1.165) is 34.1 Å². The third-order valence-electron chi connectivity index (χ3n) is 6.82. The Hall–Kier alpha value is -3.08. The number of carbonyl (C=O) groups is 2. The van der Waals surface area contributed by atoms with Gasteiger partial charge in [0.25, 0.3) is 5.91 Å². The molecule has 2 amide bonds. The number of piperazine rings is 1. The van der Waals surface area contributed by atoms with Gasteiger partial charge in [0.05, 0.1) is 5.69 Å². The first-order chi connectivity index (χ1) is 14.4. The highest BCUT2D eigenvalue weighted by Crippen LogP contribution is 2.45. The molecule has 1 saturated heterocycles. The van der Waals surface area contributed by atoms with Crippen LogP contribution in [0.25, 0.3) is 10.9 Å². The summed E-state index contributed by atoms with van der Waals surface area (Å²) >= 11 is 0. The average molecular weight is 402 g/mol. The minimum Gasteiger partial charge on any atom is -0.356 e. The smallest absolute Gasteiger partial charge is 0.255 e. The van der Waals surface area contributed by atoms with E-state index in [1.807, 2.05) is 67.3 Å². The van der Waals surface area contributed by atoms with Crippen molar-refractivity contribution in [2.75, 3.05) is 13.6 Å². The van der Waals surface area contributed by atoms with E-state index < -0.39 is 11.6 Å². The van der Waals surface area contributed by atoms with Crippen LogP contribution in [-0.2, 0) is 28.0 Å². The molecule has 0 spiro atoms. The Balaban J connectivity index is 1.77. The fourth-order valence-corrected chi connectivity index (χ4v) is 5.51. The van der Waals surface area contributed by atoms with E-state index in [2.05, 4.69) is 11.1 Å². The Morgan fingerprint density at radius 2 is 1.77 bits per heavy atom. The van der Waals surface area contributed by atoms with Gasteiger partial charge in [-0.2, -0.15) is 0 Å². The van der Waals surface area contributed by atoms with Crippen LogP contribution in [0.5, 0.6) is 0 Å². The summed E-state index contributed by atoms with van der Waals surface area (Å²) in [5.41, 5.74) is 3.07. The molecule has 5 nitrogen and oxygen atoms in total. The summed E-state index contributed by atoms with van der Waals surface area (Å²) < 4.78 is 0. The molecular formula is C25H27N3O2. The van der Waals surface area contributed by atoms with Crippen LogP contribution in [0.3, 0.4) is 0 Å². The van der Waals surface area contributed by atoms with Crippen molar-refractivity contribution in [3.05, 3.63) is 71.4 Å². The van der Waals surface area contributed by atoms with Gasteiger partial charge in [-0.15, -0.1) is 0 Å². The minimum atomic E-state index is -1.04. The fraction of sp³-hybridized carbons (Fsp3) is 0.360. The second kappa shape index (κ2) is 6.73. The predicted molar refractivity (Wildman–Crippen MR) is 117 cm³/mol. The number of benzene rings is 2. The highest BCUT2D eigenvalue weighted by atomic mass is 16.2. The topological polar surface area (TPSA) is 56.4 Å². The monoisotopic (exact) mass is 401 g/mol. The summed E-state index contributed by atoms with van der Waals surface area (Å²) in [5, 5.41) is 1.15. The maximum Gasteiger partial charge on any atom is 0.255 e. The van der Waals surface area contributed by atoms with E-state index in [0.29, 0.717) is 13.0 Å². The molecule has 2 aliphatic rings. The molecule has 0 saturated carbocycles. The number of nitrogens with zero attached hydrogens (tertiary/aromatic N) is 2. The Kier molecular flexibility index (Phi) is 4.24. The number of fused-ring (bicyclic) bond motifs is 5. The number of aromatic nitrogens is 1. The molecule has 154 valence electrons. The average Bonchev–Trinajstić information content (AvgIpc) is 3.12. The molecule has 30 heavy (non-hydrogen) atoms. The van der Waals surface area contributed by atoms with Gasteiger partial charge in [-0.05, 0) is 29.5 Å². The fourth-order valence-electron chi connectivity index (χ4n) is 5.51. The van der Waals surface area contributed by atoms with Gasteiger partial charge in [0.15, 0.2) is 5.54 Å². The lowest BCUT2D eigenvalue weighted by Crippen LogP contribution is -2.72. The first-order valence-electron chi connectivity index (χ1n) is 10.7. The molecule has 0 radical (unpaired) electrons. The lowest BCUT2D eigenvalue weighted by Gasteiger charge is -2.54. The van der Waals surface area contributed by atoms with Gasteiger partial charge in [0.1, 0.15) is 6.04 Å². The van der Waals surface area contributed by atoms with Crippen molar-refractivity contribution in [3.8, 4) is 0 Å². The Morgan fingerprint density at radius 3 is 2.50 bits per heavy atom. The first-order valence-corrected chi connectivity index (χ1v) is 10.7. The number of nitrogens with one attached hydrogen (secondary N) is 1. The summed E-state index contributed by atoms with van der Waals surface area (Å²) in [4.78, 5) is 34.9. The lowest BCUT2D eigenvalue weighted by atomic mass is 9.75. The molecule has 1 N–H and O–H groups in total. The van der Waals surface area contributed by atoms with Gasteiger partial charge in [-0.25, -0.2) is 0 Å². The molecule has 2 aliphatic heterocycles. The Bertz CT molecular complexity index is 1130. The van der Waals surface area contributed by atoms with E-state index in [1.165, 1.54) is 0 Å². The third kappa shape index (κ3) is 2.47. The molecule has 0 unspecified atom stereocenters. The van der Waals surface area contributed by atoms with Crippen molar-refractivity contribution in [2.45, 2.75) is 38.3 Å². The van der Waals surface area contributed by atoms with Crippen molar-refractivity contribution in [3.63, 3.8) is 0 Å². The zero-order valence-electron chi connectivity index (χ0n) is 17.7. The molecule has 3 heterocycles. The summed E-state index contributed by atoms with van der Waals surface area (Å²) in [6.45, 7) is 4.58. The number of hydrogen-bond donors (Lipinski definition) is 1. The van der Waals surface area contributed by atoms with Gasteiger partial charge in [-0.1, -0.05) is 62.4 Å². The molecule has 1 aromatic heterocycles. The third-order valence-corrected chi connectivity index (χ3v) is 6.82. The number of H-pyrrole nitrogens is 1. The van der Waals surface area contributed by atoms with E-state index in [4.69, 9.17) is 0 Å². The number of para-hydroxylation sites is 1. The molecule has 5 heteroatoms. The SMILES string of the molecule is CC(C)[C@H]1C(=O)N2CCc3c([nH]c4ccccc34)[C@]2(Cc2ccccc2)C(=O)N1C. The van der Waals surface area contributed by atoms with Gasteiger partial charge < -0.3 is 14.8 Å². The number of amides is 2. The summed E-state index contributed by atoms with van der Waals surface area (Å²) in [5.74, 6) is 0.106. The highest BCUT2D eigenvalue weighted by Gasteiger charge is 2.59. The van der Waals surface area contributed by atoms with Crippen LogP contribution in [-0.4, -0.2) is 46.2 Å². The van der Waals surface area contributed by atoms with Crippen LogP contribution in [0.2, 0.25) is 0 Å². The van der Waals surface area contributed by atoms with E-state index in [-0.39, 0.29) is 17.7 Å². The van der Waals surface area contributed by atoms with Crippen LogP contribution >= 0.6 is 0 Å². The van der Waals surface area contributed by atoms with Crippen LogP contribution in [0.15, 0.2) is 54.6 Å². The highest BCUT2D eigenvalue weighted by molar-refractivity contribution is 6.02. The number of hydrogen-bond acceptors (Lipinski definition) is 2. The van der Waals surface area contributed by atoms with Gasteiger partial charge in [-0.3, -0.25) is 9.59 Å². The van der Waals surface area contributed by atoms with Gasteiger partial charge >= 0.3 is 0 Å². The van der Waals surface area contributed by atoms with Gasteiger partial charge in [0, 0.05) is 30.9 Å². The summed E-state index contributed by atoms with van der Waals surface area (Å²) in [7, 11) is 1.78. The van der Waals surface area contributed by atoms with Crippen LogP contribution < -0.4 is 0 Å². The maximum absolute atomic E-state index is 14.1. The van der Waals surface area contributed by atoms with Crippen molar-refractivity contribution in [1.82, 2.24) is 14.8 Å². The van der Waals surface area contributed by atoms with Crippen molar-refractivity contribution in [1.29, 1.82) is 0 Å². The standard InChI is InChI=1S/C25H27N3O2/c1-16(2)21-23(29)28-14-13-19-18-11-7-8-12-20(18)26-22(19)25(28,24(30)27(21)3)15-17-9-5-4-6-10-17/h4-12,16,21,26H,13-15H2,1-3H3/t21-,25+/m0/s1. The van der Waals surface area contributed by atoms with Crippen LogP contribution in [0.1, 0.15) is 30.7 Å². The molecule has 3 aromatic rings. The van der Waals surface area contributed by atoms with Crippen molar-refractivity contribution in [2.24, 2.45) is 5.92 Å². The summed E-state index contributed by atoms with van der Waals surface area (Å²) in [6, 6.07) is 17.8. The quantitative estimate of drug-likeness (QED) is 0.730. The van der Waals surface area contributed by atoms with Crippen LogP contribution in [0, 0.1) is 5.92 Å². The largest absolute Gasteiger partial charge is 0.356 e. The number of rotatable bonds is 3. The van der Waals surface area contributed by atoms with E-state index in [9.17, 15) is 9.59 Å². The zero-order valence-corrected chi connectivity index (χ0v) is 17.7. The second-order valence-corrected chi connectivity index (χ2v) is 8.89. The minimum absolute atomic E-state index is 0.00263.